The van der Waals surface area contributed by atoms with Gasteiger partial charge in [-0.1, -0.05) is 19.3 Å². The van der Waals surface area contributed by atoms with Gasteiger partial charge in [-0.25, -0.2) is 0 Å². The van der Waals surface area contributed by atoms with Crippen LogP contribution in [0, 0.1) is 11.8 Å². The Balaban J connectivity index is 1.64. The average Bonchev–Trinajstić information content (AvgIpc) is 2.48. The zero-order chi connectivity index (χ0) is 14.1. The van der Waals surface area contributed by atoms with Crippen LogP contribution >= 0.6 is 0 Å². The van der Waals surface area contributed by atoms with Crippen LogP contribution in [0.15, 0.2) is 0 Å². The predicted octanol–water partition coefficient (Wildman–Crippen LogP) is 1.50. The molecule has 2 saturated heterocycles. The van der Waals surface area contributed by atoms with Gasteiger partial charge in [0.05, 0.1) is 0 Å². The molecule has 3 aliphatic rings. The summed E-state index contributed by atoms with van der Waals surface area (Å²) < 4.78 is 0. The Labute approximate surface area is 123 Å². The Kier molecular flexibility index (Phi) is 4.65. The molecule has 5 atom stereocenters. The second-order valence-electron chi connectivity index (χ2n) is 7.22. The molecule has 3 N–H and O–H groups in total. The largest absolute Gasteiger partial charge is 0.378 e. The smallest absolute Gasteiger partial charge is 0.110 e. The van der Waals surface area contributed by atoms with E-state index in [2.05, 4.69) is 29.4 Å². The monoisotopic (exact) mass is 281 g/mol. The highest BCUT2D eigenvalue weighted by Crippen LogP contribution is 2.34. The van der Waals surface area contributed by atoms with Crippen LogP contribution in [0.5, 0.6) is 0 Å². The van der Waals surface area contributed by atoms with Crippen molar-refractivity contribution in [2.75, 3.05) is 13.2 Å². The topological polar surface area (TPSA) is 47.5 Å². The molecule has 0 amide bonds. The van der Waals surface area contributed by atoms with E-state index in [0.29, 0.717) is 24.0 Å². The second kappa shape index (κ2) is 6.30. The summed E-state index contributed by atoms with van der Waals surface area (Å²) in [5, 5.41) is 16.8. The number of aliphatic hydroxyl groups is 1. The molecule has 20 heavy (non-hydrogen) atoms. The van der Waals surface area contributed by atoms with Crippen molar-refractivity contribution in [1.29, 1.82) is 0 Å². The van der Waals surface area contributed by atoms with E-state index < -0.39 is 0 Å². The molecular weight excluding hydrogens is 250 g/mol. The summed E-state index contributed by atoms with van der Waals surface area (Å²) in [7, 11) is 0. The molecule has 0 spiro atoms. The van der Waals surface area contributed by atoms with Crippen LogP contribution < -0.4 is 10.6 Å². The summed E-state index contributed by atoms with van der Waals surface area (Å²) in [6, 6.07) is 1.73. The van der Waals surface area contributed by atoms with E-state index in [0.717, 1.165) is 25.6 Å². The summed E-state index contributed by atoms with van der Waals surface area (Å²) in [6.07, 6.45) is 7.88. The van der Waals surface area contributed by atoms with Gasteiger partial charge < -0.3 is 5.11 Å². The highest BCUT2D eigenvalue weighted by atomic mass is 16.3. The van der Waals surface area contributed by atoms with Gasteiger partial charge in [0.25, 0.3) is 0 Å². The Morgan fingerprint density at radius 1 is 1.15 bits per heavy atom. The standard InChI is InChI=1S/C16H31N3O/c1-11-8-14-15(17-10-18-16(14)20)9-19(11)12(2)13-6-4-3-5-7-13/h11-18,20H,3-10H2,1-2H3. The van der Waals surface area contributed by atoms with Gasteiger partial charge in [0.1, 0.15) is 6.23 Å². The molecule has 3 rings (SSSR count). The lowest BCUT2D eigenvalue weighted by molar-refractivity contribution is -0.0484. The Hall–Kier alpha value is -0.160. The number of likely N-dealkylation sites (tertiary alicyclic amines) is 1. The Bertz CT molecular complexity index is 319. The molecule has 2 heterocycles. The number of nitrogens with zero attached hydrogens (tertiary/aromatic N) is 1. The van der Waals surface area contributed by atoms with E-state index in [1.54, 1.807) is 0 Å². The number of aliphatic hydroxyl groups excluding tert-OH is 1. The molecule has 0 aromatic heterocycles. The van der Waals surface area contributed by atoms with E-state index in [1.807, 2.05) is 0 Å². The molecule has 116 valence electrons. The average molecular weight is 281 g/mol. The van der Waals surface area contributed by atoms with Crippen LogP contribution in [0.2, 0.25) is 0 Å². The van der Waals surface area contributed by atoms with Crippen molar-refractivity contribution in [2.24, 2.45) is 11.8 Å². The summed E-state index contributed by atoms with van der Waals surface area (Å²) in [5.74, 6) is 1.25. The molecule has 0 aromatic rings. The maximum atomic E-state index is 10.1. The molecule has 1 saturated carbocycles. The molecule has 0 radical (unpaired) electrons. The van der Waals surface area contributed by atoms with Gasteiger partial charge in [0, 0.05) is 37.3 Å². The van der Waals surface area contributed by atoms with E-state index >= 15 is 0 Å². The van der Waals surface area contributed by atoms with Crippen molar-refractivity contribution in [2.45, 2.75) is 76.7 Å². The maximum Gasteiger partial charge on any atom is 0.110 e. The molecule has 0 bridgehead atoms. The number of fused-ring (bicyclic) bond motifs is 1. The summed E-state index contributed by atoms with van der Waals surface area (Å²) in [5.41, 5.74) is 0. The molecule has 4 nitrogen and oxygen atoms in total. The van der Waals surface area contributed by atoms with Gasteiger partial charge in [-0.2, -0.15) is 0 Å². The third-order valence-corrected chi connectivity index (χ3v) is 6.04. The molecule has 3 fully saturated rings. The zero-order valence-electron chi connectivity index (χ0n) is 13.0. The summed E-state index contributed by atoms with van der Waals surface area (Å²) in [6.45, 7) is 6.62. The molecule has 4 heteroatoms. The summed E-state index contributed by atoms with van der Waals surface area (Å²) >= 11 is 0. The van der Waals surface area contributed by atoms with Crippen molar-refractivity contribution in [1.82, 2.24) is 15.5 Å². The molecule has 0 aromatic carbocycles. The number of piperidine rings is 1. The fourth-order valence-corrected chi connectivity index (χ4v) is 4.70. The lowest BCUT2D eigenvalue weighted by atomic mass is 9.79. The van der Waals surface area contributed by atoms with Crippen LogP contribution in [0.1, 0.15) is 52.4 Å². The first kappa shape index (κ1) is 14.8. The van der Waals surface area contributed by atoms with Gasteiger partial charge in [0.2, 0.25) is 0 Å². The number of nitrogens with one attached hydrogen (secondary N) is 2. The lowest BCUT2D eigenvalue weighted by Gasteiger charge is -2.51. The third-order valence-electron chi connectivity index (χ3n) is 6.04. The highest BCUT2D eigenvalue weighted by Gasteiger charge is 2.41. The maximum absolute atomic E-state index is 10.1. The van der Waals surface area contributed by atoms with Crippen molar-refractivity contribution < 1.29 is 5.11 Å². The number of rotatable bonds is 2. The first-order valence-corrected chi connectivity index (χ1v) is 8.57. The minimum absolute atomic E-state index is 0.323. The zero-order valence-corrected chi connectivity index (χ0v) is 13.0. The van der Waals surface area contributed by atoms with Crippen molar-refractivity contribution >= 4 is 0 Å². The van der Waals surface area contributed by atoms with Crippen LogP contribution in [0.4, 0.5) is 0 Å². The molecule has 1 aliphatic carbocycles. The second-order valence-corrected chi connectivity index (χ2v) is 7.22. The van der Waals surface area contributed by atoms with Crippen LogP contribution in [-0.4, -0.2) is 47.6 Å². The van der Waals surface area contributed by atoms with Gasteiger partial charge in [-0.05, 0) is 39.0 Å². The van der Waals surface area contributed by atoms with E-state index in [1.165, 1.54) is 32.1 Å². The van der Waals surface area contributed by atoms with E-state index in [9.17, 15) is 5.11 Å². The highest BCUT2D eigenvalue weighted by molar-refractivity contribution is 4.96. The van der Waals surface area contributed by atoms with Gasteiger partial charge in [0.15, 0.2) is 0 Å². The number of hydrogen-bond donors (Lipinski definition) is 3. The van der Waals surface area contributed by atoms with Gasteiger partial charge in [-0.3, -0.25) is 15.5 Å². The number of hydrogen-bond acceptors (Lipinski definition) is 4. The van der Waals surface area contributed by atoms with E-state index in [4.69, 9.17) is 0 Å². The third kappa shape index (κ3) is 2.89. The summed E-state index contributed by atoms with van der Waals surface area (Å²) in [4.78, 5) is 2.71. The van der Waals surface area contributed by atoms with Crippen molar-refractivity contribution in [3.8, 4) is 0 Å². The van der Waals surface area contributed by atoms with Crippen LogP contribution in [-0.2, 0) is 0 Å². The van der Waals surface area contributed by atoms with Crippen molar-refractivity contribution in [3.63, 3.8) is 0 Å². The van der Waals surface area contributed by atoms with E-state index in [-0.39, 0.29) is 6.23 Å². The van der Waals surface area contributed by atoms with Crippen LogP contribution in [0.25, 0.3) is 0 Å². The quantitative estimate of drug-likeness (QED) is 0.718. The molecule has 2 aliphatic heterocycles. The Morgan fingerprint density at radius 3 is 2.65 bits per heavy atom. The first-order valence-electron chi connectivity index (χ1n) is 8.57. The first-order chi connectivity index (χ1) is 9.66. The minimum Gasteiger partial charge on any atom is -0.378 e. The normalized spacial score (nSPS) is 42.1. The SMILES string of the molecule is CC1CC2C(O)NCNC2CN1C(C)C1CCCCC1. The fraction of sp³-hybridized carbons (Fsp3) is 1.00. The lowest BCUT2D eigenvalue weighted by Crippen LogP contribution is -2.66. The molecule has 5 unspecified atom stereocenters. The fourth-order valence-electron chi connectivity index (χ4n) is 4.70. The minimum atomic E-state index is -0.323. The molecular formula is C16H31N3O. The Morgan fingerprint density at radius 2 is 1.90 bits per heavy atom. The predicted molar refractivity (Wildman–Crippen MR) is 81.2 cm³/mol. The van der Waals surface area contributed by atoms with Gasteiger partial charge >= 0.3 is 0 Å². The van der Waals surface area contributed by atoms with Gasteiger partial charge in [-0.15, -0.1) is 0 Å². The van der Waals surface area contributed by atoms with Crippen molar-refractivity contribution in [3.05, 3.63) is 0 Å². The van der Waals surface area contributed by atoms with Crippen LogP contribution in [0.3, 0.4) is 0 Å².